The van der Waals surface area contributed by atoms with Crippen molar-refractivity contribution in [3.8, 4) is 0 Å². The number of hydrogen-bond acceptors (Lipinski definition) is 2. The molecule has 3 N–H and O–H groups in total. The van der Waals surface area contributed by atoms with Crippen LogP contribution in [0.4, 0.5) is 13.2 Å². The average molecular weight is 256 g/mol. The van der Waals surface area contributed by atoms with Gasteiger partial charge >= 0.3 is 6.18 Å². The van der Waals surface area contributed by atoms with Gasteiger partial charge in [0.2, 0.25) is 0 Å². The molecule has 1 aromatic rings. The third kappa shape index (κ3) is 3.66. The highest BCUT2D eigenvalue weighted by Gasteiger charge is 2.30. The SMILES string of the molecule is C[C@H](O)[C@@H](N)c1ccc(C(F)(F)F)cc1.Cl. The van der Waals surface area contributed by atoms with Crippen LogP contribution in [0.25, 0.3) is 0 Å². The maximum Gasteiger partial charge on any atom is 0.416 e. The third-order valence-electron chi connectivity index (χ3n) is 2.14. The van der Waals surface area contributed by atoms with Gasteiger partial charge in [-0.3, -0.25) is 0 Å². The first kappa shape index (κ1) is 15.2. The van der Waals surface area contributed by atoms with Crippen molar-refractivity contribution in [3.63, 3.8) is 0 Å². The van der Waals surface area contributed by atoms with E-state index in [0.717, 1.165) is 12.1 Å². The quantitative estimate of drug-likeness (QED) is 0.853. The standard InChI is InChI=1S/C10H12F3NO.ClH/c1-6(15)9(14)7-2-4-8(5-3-7)10(11,12)13;/h2-6,9,15H,14H2,1H3;1H/t6-,9+;/m0./s1. The van der Waals surface area contributed by atoms with Crippen molar-refractivity contribution >= 4 is 12.4 Å². The maximum absolute atomic E-state index is 12.2. The van der Waals surface area contributed by atoms with Gasteiger partial charge in [-0.05, 0) is 24.6 Å². The van der Waals surface area contributed by atoms with Gasteiger partial charge in [0.25, 0.3) is 0 Å². The molecule has 0 heterocycles. The van der Waals surface area contributed by atoms with Crippen LogP contribution >= 0.6 is 12.4 Å². The van der Waals surface area contributed by atoms with Crippen LogP contribution in [0.3, 0.4) is 0 Å². The summed E-state index contributed by atoms with van der Waals surface area (Å²) in [5.74, 6) is 0. The molecule has 16 heavy (non-hydrogen) atoms. The van der Waals surface area contributed by atoms with Gasteiger partial charge in [-0.25, -0.2) is 0 Å². The zero-order chi connectivity index (χ0) is 11.6. The summed E-state index contributed by atoms with van der Waals surface area (Å²) in [6.07, 6.45) is -5.13. The Balaban J connectivity index is 0.00000225. The summed E-state index contributed by atoms with van der Waals surface area (Å²) in [4.78, 5) is 0. The second-order valence-electron chi connectivity index (χ2n) is 3.39. The summed E-state index contributed by atoms with van der Waals surface area (Å²) in [6, 6.07) is 3.81. The first-order valence-corrected chi connectivity index (χ1v) is 4.43. The second kappa shape index (κ2) is 5.52. The number of alkyl halides is 3. The number of aliphatic hydroxyl groups excluding tert-OH is 1. The molecule has 1 aromatic carbocycles. The Labute approximate surface area is 97.7 Å². The Morgan fingerprint density at radius 1 is 1.19 bits per heavy atom. The molecule has 0 bridgehead atoms. The molecule has 0 aliphatic heterocycles. The third-order valence-corrected chi connectivity index (χ3v) is 2.14. The Morgan fingerprint density at radius 3 is 1.94 bits per heavy atom. The second-order valence-corrected chi connectivity index (χ2v) is 3.39. The molecule has 0 aromatic heterocycles. The zero-order valence-corrected chi connectivity index (χ0v) is 9.35. The minimum Gasteiger partial charge on any atom is -0.391 e. The van der Waals surface area contributed by atoms with E-state index in [-0.39, 0.29) is 12.4 Å². The predicted molar refractivity (Wildman–Crippen MR) is 57.3 cm³/mol. The summed E-state index contributed by atoms with van der Waals surface area (Å²) in [5, 5.41) is 9.16. The number of aliphatic hydroxyl groups is 1. The lowest BCUT2D eigenvalue weighted by molar-refractivity contribution is -0.137. The van der Waals surface area contributed by atoms with Crippen LogP contribution in [0.1, 0.15) is 24.1 Å². The van der Waals surface area contributed by atoms with Crippen molar-refractivity contribution in [1.29, 1.82) is 0 Å². The van der Waals surface area contributed by atoms with Gasteiger partial charge in [0.15, 0.2) is 0 Å². The Morgan fingerprint density at radius 2 is 1.62 bits per heavy atom. The van der Waals surface area contributed by atoms with Gasteiger partial charge in [0.05, 0.1) is 17.7 Å². The molecule has 92 valence electrons. The van der Waals surface area contributed by atoms with Crippen molar-refractivity contribution in [2.45, 2.75) is 25.2 Å². The molecule has 0 fully saturated rings. The van der Waals surface area contributed by atoms with E-state index < -0.39 is 23.9 Å². The van der Waals surface area contributed by atoms with E-state index in [9.17, 15) is 13.2 Å². The van der Waals surface area contributed by atoms with E-state index in [0.29, 0.717) is 5.56 Å². The smallest absolute Gasteiger partial charge is 0.391 e. The number of rotatable bonds is 2. The Hall–Kier alpha value is -0.780. The highest BCUT2D eigenvalue weighted by Crippen LogP contribution is 2.29. The molecule has 1 rings (SSSR count). The minimum atomic E-state index is -4.34. The first-order valence-electron chi connectivity index (χ1n) is 4.43. The fourth-order valence-electron chi connectivity index (χ4n) is 1.17. The van der Waals surface area contributed by atoms with Crippen LogP contribution in [0.2, 0.25) is 0 Å². The van der Waals surface area contributed by atoms with Gasteiger partial charge in [0.1, 0.15) is 0 Å². The largest absolute Gasteiger partial charge is 0.416 e. The normalized spacial score (nSPS) is 15.1. The Bertz CT molecular complexity index is 324. The molecular weight excluding hydrogens is 243 g/mol. The van der Waals surface area contributed by atoms with Crippen molar-refractivity contribution in [2.75, 3.05) is 0 Å². The van der Waals surface area contributed by atoms with Crippen LogP contribution in [0.5, 0.6) is 0 Å². The number of hydrogen-bond donors (Lipinski definition) is 2. The van der Waals surface area contributed by atoms with E-state index in [4.69, 9.17) is 10.8 Å². The van der Waals surface area contributed by atoms with Gasteiger partial charge < -0.3 is 10.8 Å². The van der Waals surface area contributed by atoms with E-state index in [1.807, 2.05) is 0 Å². The molecule has 0 unspecified atom stereocenters. The highest BCUT2D eigenvalue weighted by atomic mass is 35.5. The molecule has 2 atom stereocenters. The fraction of sp³-hybridized carbons (Fsp3) is 0.400. The number of benzene rings is 1. The molecule has 0 amide bonds. The van der Waals surface area contributed by atoms with E-state index in [1.54, 1.807) is 0 Å². The van der Waals surface area contributed by atoms with Crippen LogP contribution in [-0.2, 0) is 6.18 Å². The lowest BCUT2D eigenvalue weighted by Gasteiger charge is -2.15. The van der Waals surface area contributed by atoms with Crippen LogP contribution in [0.15, 0.2) is 24.3 Å². The monoisotopic (exact) mass is 255 g/mol. The summed E-state index contributed by atoms with van der Waals surface area (Å²) in [6.45, 7) is 1.49. The van der Waals surface area contributed by atoms with Gasteiger partial charge in [-0.2, -0.15) is 13.2 Å². The van der Waals surface area contributed by atoms with Crippen molar-refractivity contribution in [1.82, 2.24) is 0 Å². The molecule has 0 saturated carbocycles. The van der Waals surface area contributed by atoms with E-state index in [1.165, 1.54) is 19.1 Å². The van der Waals surface area contributed by atoms with E-state index >= 15 is 0 Å². The minimum absolute atomic E-state index is 0. The molecule has 0 radical (unpaired) electrons. The summed E-state index contributed by atoms with van der Waals surface area (Å²) in [7, 11) is 0. The lowest BCUT2D eigenvalue weighted by Crippen LogP contribution is -2.23. The molecule has 0 spiro atoms. The van der Waals surface area contributed by atoms with Crippen molar-refractivity contribution < 1.29 is 18.3 Å². The van der Waals surface area contributed by atoms with Crippen molar-refractivity contribution in [3.05, 3.63) is 35.4 Å². The fourth-order valence-corrected chi connectivity index (χ4v) is 1.17. The number of nitrogens with two attached hydrogens (primary N) is 1. The van der Waals surface area contributed by atoms with Gasteiger partial charge in [0, 0.05) is 0 Å². The molecule has 0 aliphatic rings. The molecular formula is C10H13ClF3NO. The zero-order valence-electron chi connectivity index (χ0n) is 8.53. The summed E-state index contributed by atoms with van der Waals surface area (Å²) < 4.78 is 36.6. The highest BCUT2D eigenvalue weighted by molar-refractivity contribution is 5.85. The maximum atomic E-state index is 12.2. The van der Waals surface area contributed by atoms with Crippen LogP contribution in [0, 0.1) is 0 Å². The summed E-state index contributed by atoms with van der Waals surface area (Å²) >= 11 is 0. The van der Waals surface area contributed by atoms with Crippen LogP contribution in [-0.4, -0.2) is 11.2 Å². The first-order chi connectivity index (χ1) is 6.82. The molecule has 0 saturated heterocycles. The molecule has 2 nitrogen and oxygen atoms in total. The Kier molecular flexibility index (Phi) is 5.25. The average Bonchev–Trinajstić information content (AvgIpc) is 2.15. The summed E-state index contributed by atoms with van der Waals surface area (Å²) in [5.41, 5.74) is 5.33. The lowest BCUT2D eigenvalue weighted by atomic mass is 10.0. The predicted octanol–water partition coefficient (Wildman–Crippen LogP) is 2.51. The molecule has 6 heteroatoms. The number of halogens is 4. The van der Waals surface area contributed by atoms with Crippen molar-refractivity contribution in [2.24, 2.45) is 5.73 Å². The topological polar surface area (TPSA) is 46.2 Å². The van der Waals surface area contributed by atoms with Gasteiger partial charge in [-0.1, -0.05) is 12.1 Å². The van der Waals surface area contributed by atoms with Gasteiger partial charge in [-0.15, -0.1) is 12.4 Å². The molecule has 0 aliphatic carbocycles. The van der Waals surface area contributed by atoms with E-state index in [2.05, 4.69) is 0 Å². The van der Waals surface area contributed by atoms with Crippen LogP contribution < -0.4 is 5.73 Å².